The standard InChI is InChI=1S/C23H23N3O6S2/c1-16-7-9-18(10-8-16)25-34(30,31)19-13-11-17(12-14-19)24-23(27)22-15-26(33(2,28)29)20-5-3-4-6-21(20)32-22/h3-14,22,25H,15H2,1-2H3,(H,24,27). The molecule has 0 saturated heterocycles. The van der Waals surface area contributed by atoms with Gasteiger partial charge in [0, 0.05) is 11.4 Å². The van der Waals surface area contributed by atoms with Gasteiger partial charge in [0.05, 0.1) is 23.4 Å². The summed E-state index contributed by atoms with van der Waals surface area (Å²) < 4.78 is 59.1. The van der Waals surface area contributed by atoms with Crippen molar-refractivity contribution in [1.82, 2.24) is 0 Å². The Balaban J connectivity index is 1.47. The van der Waals surface area contributed by atoms with Gasteiger partial charge in [0.1, 0.15) is 5.75 Å². The molecule has 0 spiro atoms. The first-order valence-electron chi connectivity index (χ1n) is 10.3. The molecule has 3 aromatic carbocycles. The number of nitrogens with zero attached hydrogens (tertiary/aromatic N) is 1. The molecule has 0 aliphatic carbocycles. The van der Waals surface area contributed by atoms with Crippen LogP contribution in [0.3, 0.4) is 0 Å². The molecule has 1 aliphatic heterocycles. The number of nitrogens with one attached hydrogen (secondary N) is 2. The van der Waals surface area contributed by atoms with Crippen LogP contribution in [0.5, 0.6) is 5.75 Å². The molecule has 11 heteroatoms. The second kappa shape index (κ2) is 8.99. The zero-order valence-electron chi connectivity index (χ0n) is 18.4. The van der Waals surface area contributed by atoms with Crippen LogP contribution in [0.4, 0.5) is 17.1 Å². The maximum absolute atomic E-state index is 12.8. The lowest BCUT2D eigenvalue weighted by molar-refractivity contribution is -0.122. The van der Waals surface area contributed by atoms with E-state index >= 15 is 0 Å². The van der Waals surface area contributed by atoms with Gasteiger partial charge in [-0.25, -0.2) is 16.8 Å². The topological polar surface area (TPSA) is 122 Å². The Morgan fingerprint density at radius 3 is 2.18 bits per heavy atom. The first-order chi connectivity index (χ1) is 16.0. The van der Waals surface area contributed by atoms with Crippen LogP contribution in [0.15, 0.2) is 77.7 Å². The molecule has 1 heterocycles. The number of para-hydroxylation sites is 2. The molecule has 34 heavy (non-hydrogen) atoms. The minimum absolute atomic E-state index is 0.0252. The normalized spacial score (nSPS) is 15.7. The van der Waals surface area contributed by atoms with Crippen molar-refractivity contribution < 1.29 is 26.4 Å². The molecule has 3 aromatic rings. The number of ether oxygens (including phenoxy) is 1. The number of hydrogen-bond donors (Lipinski definition) is 2. The number of sulfonamides is 2. The second-order valence-corrected chi connectivity index (χ2v) is 11.4. The summed E-state index contributed by atoms with van der Waals surface area (Å²) in [6.07, 6.45) is -0.0235. The number of benzene rings is 3. The molecule has 2 N–H and O–H groups in total. The fraction of sp³-hybridized carbons (Fsp3) is 0.174. The molecule has 1 aliphatic rings. The predicted octanol–water partition coefficient (Wildman–Crippen LogP) is 2.96. The Kier molecular flexibility index (Phi) is 6.24. The highest BCUT2D eigenvalue weighted by Crippen LogP contribution is 2.34. The van der Waals surface area contributed by atoms with Gasteiger partial charge in [0.25, 0.3) is 15.9 Å². The lowest BCUT2D eigenvalue weighted by Gasteiger charge is -2.33. The Morgan fingerprint density at radius 2 is 1.53 bits per heavy atom. The van der Waals surface area contributed by atoms with Crippen molar-refractivity contribution in [3.63, 3.8) is 0 Å². The van der Waals surface area contributed by atoms with Gasteiger partial charge < -0.3 is 10.1 Å². The van der Waals surface area contributed by atoms with Crippen LogP contribution in [0, 0.1) is 6.92 Å². The summed E-state index contributed by atoms with van der Waals surface area (Å²) in [6, 6.07) is 19.1. The number of anilines is 3. The Morgan fingerprint density at radius 1 is 0.912 bits per heavy atom. The van der Waals surface area contributed by atoms with Crippen molar-refractivity contribution in [2.24, 2.45) is 0 Å². The minimum atomic E-state index is -3.81. The number of amides is 1. The van der Waals surface area contributed by atoms with Crippen LogP contribution in [0.2, 0.25) is 0 Å². The average Bonchev–Trinajstić information content (AvgIpc) is 2.79. The molecule has 1 atom stereocenters. The third-order valence-corrected chi connectivity index (χ3v) is 7.71. The third-order valence-electron chi connectivity index (χ3n) is 5.16. The highest BCUT2D eigenvalue weighted by Gasteiger charge is 2.34. The van der Waals surface area contributed by atoms with Crippen LogP contribution >= 0.6 is 0 Å². The van der Waals surface area contributed by atoms with Crippen LogP contribution in [0.25, 0.3) is 0 Å². The highest BCUT2D eigenvalue weighted by atomic mass is 32.2. The summed E-state index contributed by atoms with van der Waals surface area (Å²) in [5.41, 5.74) is 2.15. The van der Waals surface area contributed by atoms with Crippen LogP contribution < -0.4 is 19.1 Å². The Labute approximate surface area is 198 Å². The van der Waals surface area contributed by atoms with E-state index in [-0.39, 0.29) is 17.2 Å². The van der Waals surface area contributed by atoms with Crippen molar-refractivity contribution in [2.45, 2.75) is 17.9 Å². The SMILES string of the molecule is Cc1ccc(NS(=O)(=O)c2ccc(NC(=O)C3CN(S(C)(=O)=O)c4ccccc4O3)cc2)cc1. The number of hydrogen-bond acceptors (Lipinski definition) is 6. The summed E-state index contributed by atoms with van der Waals surface area (Å²) in [5.74, 6) is -0.278. The minimum Gasteiger partial charge on any atom is -0.476 e. The maximum atomic E-state index is 12.8. The van der Waals surface area contributed by atoms with Gasteiger partial charge in [-0.05, 0) is 55.5 Å². The molecular formula is C23H23N3O6S2. The molecule has 1 unspecified atom stereocenters. The van der Waals surface area contributed by atoms with E-state index in [0.29, 0.717) is 17.1 Å². The van der Waals surface area contributed by atoms with Crippen molar-refractivity contribution >= 4 is 43.0 Å². The van der Waals surface area contributed by atoms with Gasteiger partial charge >= 0.3 is 0 Å². The van der Waals surface area contributed by atoms with E-state index in [1.807, 2.05) is 6.92 Å². The summed E-state index contributed by atoms with van der Waals surface area (Å²) in [4.78, 5) is 12.8. The summed E-state index contributed by atoms with van der Waals surface area (Å²) in [7, 11) is -7.44. The number of rotatable bonds is 6. The zero-order chi connectivity index (χ0) is 24.5. The van der Waals surface area contributed by atoms with Crippen molar-refractivity contribution in [1.29, 1.82) is 0 Å². The van der Waals surface area contributed by atoms with Gasteiger partial charge in [-0.3, -0.25) is 13.8 Å². The number of carbonyl (C=O) groups excluding carboxylic acids is 1. The molecule has 4 rings (SSSR count). The molecule has 0 aromatic heterocycles. The lowest BCUT2D eigenvalue weighted by Crippen LogP contribution is -2.48. The number of aryl methyl sites for hydroxylation is 1. The molecule has 1 amide bonds. The maximum Gasteiger partial charge on any atom is 0.267 e. The highest BCUT2D eigenvalue weighted by molar-refractivity contribution is 7.92. The first-order valence-corrected chi connectivity index (χ1v) is 13.6. The molecule has 0 radical (unpaired) electrons. The molecule has 0 saturated carbocycles. The summed E-state index contributed by atoms with van der Waals surface area (Å²) in [6.45, 7) is 1.72. The average molecular weight is 502 g/mol. The molecular weight excluding hydrogens is 478 g/mol. The number of fused-ring (bicyclic) bond motifs is 1. The van der Waals surface area contributed by atoms with E-state index in [1.165, 1.54) is 24.3 Å². The van der Waals surface area contributed by atoms with Crippen molar-refractivity contribution in [3.8, 4) is 5.75 Å². The largest absolute Gasteiger partial charge is 0.476 e. The van der Waals surface area contributed by atoms with E-state index in [0.717, 1.165) is 16.1 Å². The molecule has 178 valence electrons. The van der Waals surface area contributed by atoms with Gasteiger partial charge in [-0.2, -0.15) is 0 Å². The molecule has 0 fully saturated rings. The van der Waals surface area contributed by atoms with Crippen LogP contribution in [0.1, 0.15) is 5.56 Å². The van der Waals surface area contributed by atoms with Gasteiger partial charge in [0.2, 0.25) is 10.0 Å². The fourth-order valence-corrected chi connectivity index (χ4v) is 5.40. The van der Waals surface area contributed by atoms with E-state index in [2.05, 4.69) is 10.0 Å². The predicted molar refractivity (Wildman–Crippen MR) is 130 cm³/mol. The fourth-order valence-electron chi connectivity index (χ4n) is 3.43. The summed E-state index contributed by atoms with van der Waals surface area (Å²) in [5, 5.41) is 2.65. The van der Waals surface area contributed by atoms with Crippen molar-refractivity contribution in [3.05, 3.63) is 78.4 Å². The second-order valence-electron chi connectivity index (χ2n) is 7.85. The zero-order valence-corrected chi connectivity index (χ0v) is 20.1. The summed E-state index contributed by atoms with van der Waals surface area (Å²) >= 11 is 0. The van der Waals surface area contributed by atoms with Crippen molar-refractivity contribution in [2.75, 3.05) is 27.1 Å². The van der Waals surface area contributed by atoms with Gasteiger partial charge in [0.15, 0.2) is 6.10 Å². The monoisotopic (exact) mass is 501 g/mol. The first kappa shape index (κ1) is 23.6. The molecule has 0 bridgehead atoms. The number of carbonyl (C=O) groups is 1. The van der Waals surface area contributed by atoms with E-state index in [9.17, 15) is 21.6 Å². The Bertz CT molecular complexity index is 1420. The van der Waals surface area contributed by atoms with Gasteiger partial charge in [-0.15, -0.1) is 0 Å². The van der Waals surface area contributed by atoms with E-state index in [4.69, 9.17) is 4.74 Å². The smallest absolute Gasteiger partial charge is 0.267 e. The van der Waals surface area contributed by atoms with Gasteiger partial charge in [-0.1, -0.05) is 29.8 Å². The lowest BCUT2D eigenvalue weighted by atomic mass is 10.2. The quantitative estimate of drug-likeness (QED) is 0.536. The third kappa shape index (κ3) is 5.15. The van der Waals surface area contributed by atoms with Crippen LogP contribution in [-0.2, 0) is 24.8 Å². The van der Waals surface area contributed by atoms with E-state index in [1.54, 1.807) is 48.5 Å². The van der Waals surface area contributed by atoms with Crippen LogP contribution in [-0.4, -0.2) is 41.6 Å². The van der Waals surface area contributed by atoms with E-state index < -0.39 is 32.1 Å². The molecule has 9 nitrogen and oxygen atoms in total. The Hall–Kier alpha value is -3.57.